The van der Waals surface area contributed by atoms with Crippen molar-refractivity contribution in [3.63, 3.8) is 0 Å². The Hall–Kier alpha value is -3.24. The average molecular weight is 355 g/mol. The molecule has 124 valence electrons. The van der Waals surface area contributed by atoms with Crippen LogP contribution in [0, 0.1) is 0 Å². The number of pyridine rings is 1. The molecular weight excluding hydrogens is 342 g/mol. The lowest BCUT2D eigenvalue weighted by Crippen LogP contribution is -2.01. The lowest BCUT2D eigenvalue weighted by atomic mass is 9.99. The lowest BCUT2D eigenvalue weighted by Gasteiger charge is -2.10. The largest absolute Gasteiger partial charge is 0.455 e. The minimum absolute atomic E-state index is 0.0402. The molecule has 5 aromatic rings. The molecule has 0 saturated carbocycles. The van der Waals surface area contributed by atoms with Gasteiger partial charge in [-0.25, -0.2) is 0 Å². The van der Waals surface area contributed by atoms with Gasteiger partial charge in [-0.05, 0) is 35.0 Å². The Balaban J connectivity index is 1.91. The van der Waals surface area contributed by atoms with E-state index in [1.165, 1.54) is 0 Å². The Morgan fingerprint density at radius 3 is 2.42 bits per heavy atom. The van der Waals surface area contributed by atoms with Crippen LogP contribution >= 0.6 is 11.3 Å². The number of aromatic nitrogens is 1. The third kappa shape index (κ3) is 2.35. The zero-order valence-electron chi connectivity index (χ0n) is 13.7. The summed E-state index contributed by atoms with van der Waals surface area (Å²) >= 11 is 1.67. The van der Waals surface area contributed by atoms with Crippen molar-refractivity contribution < 1.29 is 4.42 Å². The zero-order chi connectivity index (χ0) is 17.5. The van der Waals surface area contributed by atoms with Gasteiger partial charge in [0, 0.05) is 39.9 Å². The van der Waals surface area contributed by atoms with Crippen molar-refractivity contribution >= 4 is 33.1 Å². The van der Waals surface area contributed by atoms with Gasteiger partial charge in [-0.15, -0.1) is 11.3 Å². The van der Waals surface area contributed by atoms with Crippen molar-refractivity contribution in [2.45, 2.75) is 0 Å². The van der Waals surface area contributed by atoms with Crippen LogP contribution in [0.2, 0.25) is 0 Å². The molecule has 0 aliphatic heterocycles. The van der Waals surface area contributed by atoms with Gasteiger partial charge in [0.1, 0.15) is 11.3 Å². The van der Waals surface area contributed by atoms with E-state index in [0.717, 1.165) is 26.8 Å². The number of nitrogens with zero attached hydrogens (tertiary/aromatic N) is 1. The highest BCUT2D eigenvalue weighted by atomic mass is 32.1. The van der Waals surface area contributed by atoms with Crippen molar-refractivity contribution in [3.8, 4) is 21.8 Å². The second-order valence-corrected chi connectivity index (χ2v) is 6.98. The van der Waals surface area contributed by atoms with Crippen LogP contribution in [0.15, 0.2) is 87.6 Å². The summed E-state index contributed by atoms with van der Waals surface area (Å²) in [6.07, 6.45) is 3.38. The average Bonchev–Trinajstić information content (AvgIpc) is 3.23. The standard InChI is InChI=1S/C22H13NO2S/c24-19-13-20(14-7-9-23-10-8-14)25-22-16-5-2-1-4-15(16)17(12-18(19)22)21-6-3-11-26-21/h1-13H. The summed E-state index contributed by atoms with van der Waals surface area (Å²) in [4.78, 5) is 18.0. The predicted molar refractivity (Wildman–Crippen MR) is 107 cm³/mol. The molecule has 0 fully saturated rings. The summed E-state index contributed by atoms with van der Waals surface area (Å²) in [6, 6.07) is 19.3. The van der Waals surface area contributed by atoms with Crippen LogP contribution in [-0.4, -0.2) is 4.98 Å². The predicted octanol–water partition coefficient (Wildman–Crippen LogP) is 5.74. The molecule has 0 radical (unpaired) electrons. The molecule has 3 heterocycles. The first-order valence-corrected chi connectivity index (χ1v) is 9.13. The number of benzene rings is 2. The number of hydrogen-bond acceptors (Lipinski definition) is 4. The Kier molecular flexibility index (Phi) is 3.43. The lowest BCUT2D eigenvalue weighted by molar-refractivity contribution is 0.622. The van der Waals surface area contributed by atoms with Crippen molar-refractivity contribution in [2.75, 3.05) is 0 Å². The molecule has 2 aromatic carbocycles. The molecule has 0 amide bonds. The van der Waals surface area contributed by atoms with E-state index < -0.39 is 0 Å². The molecule has 5 rings (SSSR count). The maximum Gasteiger partial charge on any atom is 0.193 e. The summed E-state index contributed by atoms with van der Waals surface area (Å²) in [5, 5.41) is 4.67. The Morgan fingerprint density at radius 2 is 1.65 bits per heavy atom. The van der Waals surface area contributed by atoms with Crippen molar-refractivity contribution in [1.29, 1.82) is 0 Å². The Bertz CT molecular complexity index is 1290. The van der Waals surface area contributed by atoms with E-state index in [9.17, 15) is 4.79 Å². The maximum atomic E-state index is 12.9. The fourth-order valence-corrected chi connectivity index (χ4v) is 4.03. The monoisotopic (exact) mass is 355 g/mol. The molecule has 0 aliphatic carbocycles. The molecule has 3 aromatic heterocycles. The minimum atomic E-state index is -0.0402. The van der Waals surface area contributed by atoms with Gasteiger partial charge in [-0.2, -0.15) is 0 Å². The molecule has 26 heavy (non-hydrogen) atoms. The molecular formula is C22H13NO2S. The summed E-state index contributed by atoms with van der Waals surface area (Å²) < 4.78 is 6.19. The van der Waals surface area contributed by atoms with E-state index in [1.54, 1.807) is 29.8 Å². The number of rotatable bonds is 2. The fourth-order valence-electron chi connectivity index (χ4n) is 3.27. The smallest absolute Gasteiger partial charge is 0.193 e. The first-order valence-electron chi connectivity index (χ1n) is 8.25. The molecule has 0 spiro atoms. The number of hydrogen-bond donors (Lipinski definition) is 0. The maximum absolute atomic E-state index is 12.9. The Morgan fingerprint density at radius 1 is 0.846 bits per heavy atom. The van der Waals surface area contributed by atoms with Gasteiger partial charge in [0.05, 0.1) is 5.39 Å². The van der Waals surface area contributed by atoms with Crippen LogP contribution < -0.4 is 5.43 Å². The molecule has 0 saturated heterocycles. The number of thiophene rings is 1. The van der Waals surface area contributed by atoms with Crippen LogP contribution in [-0.2, 0) is 0 Å². The minimum Gasteiger partial charge on any atom is -0.455 e. The van der Waals surface area contributed by atoms with E-state index in [4.69, 9.17) is 4.42 Å². The topological polar surface area (TPSA) is 43.1 Å². The van der Waals surface area contributed by atoms with Gasteiger partial charge >= 0.3 is 0 Å². The Labute approximate surface area is 153 Å². The molecule has 0 unspecified atom stereocenters. The van der Waals surface area contributed by atoms with Crippen molar-refractivity contribution in [3.05, 3.63) is 88.7 Å². The van der Waals surface area contributed by atoms with Crippen LogP contribution in [0.5, 0.6) is 0 Å². The van der Waals surface area contributed by atoms with E-state index in [-0.39, 0.29) is 5.43 Å². The summed E-state index contributed by atoms with van der Waals surface area (Å²) in [5.74, 6) is 0.555. The molecule has 0 N–H and O–H groups in total. The van der Waals surface area contributed by atoms with E-state index in [2.05, 4.69) is 17.1 Å². The van der Waals surface area contributed by atoms with Crippen LogP contribution in [0.4, 0.5) is 0 Å². The van der Waals surface area contributed by atoms with Gasteiger partial charge in [0.15, 0.2) is 5.43 Å². The van der Waals surface area contributed by atoms with E-state index in [1.807, 2.05) is 47.8 Å². The van der Waals surface area contributed by atoms with Gasteiger partial charge in [-0.1, -0.05) is 30.3 Å². The molecule has 4 heteroatoms. The normalized spacial score (nSPS) is 11.2. The van der Waals surface area contributed by atoms with E-state index in [0.29, 0.717) is 16.7 Å². The molecule has 3 nitrogen and oxygen atoms in total. The van der Waals surface area contributed by atoms with Crippen molar-refractivity contribution in [2.24, 2.45) is 0 Å². The van der Waals surface area contributed by atoms with E-state index >= 15 is 0 Å². The second kappa shape index (κ2) is 5.93. The summed E-state index contributed by atoms with van der Waals surface area (Å²) in [6.45, 7) is 0. The highest BCUT2D eigenvalue weighted by molar-refractivity contribution is 7.13. The van der Waals surface area contributed by atoms with Crippen LogP contribution in [0.1, 0.15) is 0 Å². The fraction of sp³-hybridized carbons (Fsp3) is 0. The van der Waals surface area contributed by atoms with Crippen LogP contribution in [0.3, 0.4) is 0 Å². The first kappa shape index (κ1) is 15.0. The van der Waals surface area contributed by atoms with Crippen LogP contribution in [0.25, 0.3) is 43.5 Å². The van der Waals surface area contributed by atoms with Gasteiger partial charge in [0.25, 0.3) is 0 Å². The highest BCUT2D eigenvalue weighted by Gasteiger charge is 2.14. The second-order valence-electron chi connectivity index (χ2n) is 6.03. The zero-order valence-corrected chi connectivity index (χ0v) is 14.5. The highest BCUT2D eigenvalue weighted by Crippen LogP contribution is 2.36. The number of fused-ring (bicyclic) bond motifs is 3. The summed E-state index contributed by atoms with van der Waals surface area (Å²) in [5.41, 5.74) is 2.49. The van der Waals surface area contributed by atoms with Gasteiger partial charge in [-0.3, -0.25) is 9.78 Å². The quantitative estimate of drug-likeness (QED) is 0.379. The SMILES string of the molecule is O=c1cc(-c2ccncc2)oc2c1cc(-c1cccs1)c1ccccc12. The molecule has 0 aliphatic rings. The van der Waals surface area contributed by atoms with Crippen molar-refractivity contribution in [1.82, 2.24) is 4.98 Å². The molecule has 0 atom stereocenters. The first-order chi connectivity index (χ1) is 12.8. The molecule has 0 bridgehead atoms. The van der Waals surface area contributed by atoms with Gasteiger partial charge < -0.3 is 4.42 Å². The third-order valence-electron chi connectivity index (χ3n) is 4.49. The third-order valence-corrected chi connectivity index (χ3v) is 5.39. The van der Waals surface area contributed by atoms with Gasteiger partial charge in [0.2, 0.25) is 0 Å². The summed E-state index contributed by atoms with van der Waals surface area (Å²) in [7, 11) is 0.